The van der Waals surface area contributed by atoms with Crippen molar-refractivity contribution in [1.82, 2.24) is 0 Å². The van der Waals surface area contributed by atoms with E-state index in [1.54, 1.807) is 0 Å². The van der Waals surface area contributed by atoms with Crippen LogP contribution in [0.15, 0.2) is 39.9 Å². The van der Waals surface area contributed by atoms with E-state index >= 15 is 0 Å². The summed E-state index contributed by atoms with van der Waals surface area (Å²) in [7, 11) is 0. The number of nitrogens with one attached hydrogen (secondary N) is 1. The van der Waals surface area contributed by atoms with Crippen molar-refractivity contribution in [2.45, 2.75) is 0 Å². The summed E-state index contributed by atoms with van der Waals surface area (Å²) in [5.41, 5.74) is 6.65. The molecule has 0 atom stereocenters. The predicted octanol–water partition coefficient (Wildman–Crippen LogP) is 1.68. The zero-order valence-electron chi connectivity index (χ0n) is 12.0. The number of rotatable bonds is 7. The van der Waals surface area contributed by atoms with Crippen molar-refractivity contribution in [3.8, 4) is 0 Å². The Labute approximate surface area is 134 Å². The SMILES string of the molecule is NCC(=O)c1ccc(/C=N/Nc2ccc([N+](=O)[O-])cc2[N+](=O)[O-])o1. The topological polar surface area (TPSA) is 167 Å². The van der Waals surface area contributed by atoms with Crippen LogP contribution in [-0.4, -0.2) is 28.4 Å². The van der Waals surface area contributed by atoms with Gasteiger partial charge in [-0.2, -0.15) is 5.10 Å². The number of benzene rings is 1. The molecule has 2 rings (SSSR count). The molecule has 0 amide bonds. The van der Waals surface area contributed by atoms with Crippen molar-refractivity contribution >= 4 is 29.1 Å². The van der Waals surface area contributed by atoms with Crippen LogP contribution in [0.2, 0.25) is 0 Å². The lowest BCUT2D eigenvalue weighted by atomic mass is 10.2. The van der Waals surface area contributed by atoms with Crippen LogP contribution >= 0.6 is 0 Å². The van der Waals surface area contributed by atoms with Crippen LogP contribution in [0.4, 0.5) is 17.1 Å². The molecule has 0 aliphatic heterocycles. The Balaban J connectivity index is 2.16. The largest absolute Gasteiger partial charge is 0.452 e. The standard InChI is InChI=1S/C13H11N5O6/c14-6-12(19)13-4-2-9(24-13)7-15-16-10-3-1-8(17(20)21)5-11(10)18(22)23/h1-5,7,16H,6,14H2/b15-7+. The van der Waals surface area contributed by atoms with E-state index < -0.39 is 21.2 Å². The molecule has 24 heavy (non-hydrogen) atoms. The maximum Gasteiger partial charge on any atom is 0.301 e. The molecule has 0 saturated carbocycles. The van der Waals surface area contributed by atoms with Crippen LogP contribution in [0.5, 0.6) is 0 Å². The number of nitro benzene ring substituents is 2. The van der Waals surface area contributed by atoms with Crippen molar-refractivity contribution in [2.24, 2.45) is 10.8 Å². The first-order valence-electron chi connectivity index (χ1n) is 6.47. The Hall–Kier alpha value is -3.60. The van der Waals surface area contributed by atoms with Crippen molar-refractivity contribution in [3.63, 3.8) is 0 Å². The second kappa shape index (κ2) is 7.11. The lowest BCUT2D eigenvalue weighted by Crippen LogP contribution is -2.12. The molecule has 0 bridgehead atoms. The average Bonchev–Trinajstić information content (AvgIpc) is 3.02. The van der Waals surface area contributed by atoms with Gasteiger partial charge < -0.3 is 10.2 Å². The summed E-state index contributed by atoms with van der Waals surface area (Å²) in [6.45, 7) is -0.197. The first-order valence-corrected chi connectivity index (χ1v) is 6.47. The summed E-state index contributed by atoms with van der Waals surface area (Å²) in [4.78, 5) is 31.4. The average molecular weight is 333 g/mol. The Morgan fingerprint density at radius 1 is 1.25 bits per heavy atom. The summed E-state index contributed by atoms with van der Waals surface area (Å²) in [6.07, 6.45) is 1.19. The molecule has 1 heterocycles. The molecule has 1 aromatic carbocycles. The smallest absolute Gasteiger partial charge is 0.301 e. The molecular formula is C13H11N5O6. The number of Topliss-reactive ketones (excluding diaryl/α,β-unsaturated/α-hetero) is 1. The van der Waals surface area contributed by atoms with Crippen LogP contribution < -0.4 is 11.2 Å². The second-order valence-electron chi connectivity index (χ2n) is 4.41. The molecule has 0 aliphatic carbocycles. The molecule has 1 aromatic heterocycles. The summed E-state index contributed by atoms with van der Waals surface area (Å²) in [5, 5.41) is 25.4. The third-order valence-electron chi connectivity index (χ3n) is 2.85. The second-order valence-corrected chi connectivity index (χ2v) is 4.41. The minimum absolute atomic E-state index is 0.0355. The number of nitrogens with zero attached hydrogens (tertiary/aromatic N) is 3. The molecule has 0 unspecified atom stereocenters. The molecule has 2 aromatic rings. The Kier molecular flexibility index (Phi) is 4.96. The fourth-order valence-corrected chi connectivity index (χ4v) is 1.72. The summed E-state index contributed by atoms with van der Waals surface area (Å²) in [6, 6.07) is 5.99. The Morgan fingerprint density at radius 3 is 2.62 bits per heavy atom. The van der Waals surface area contributed by atoms with Gasteiger partial charge in [0.1, 0.15) is 11.4 Å². The first-order chi connectivity index (χ1) is 11.4. The number of ketones is 1. The van der Waals surface area contributed by atoms with Gasteiger partial charge in [-0.25, -0.2) is 0 Å². The van der Waals surface area contributed by atoms with Crippen LogP contribution in [-0.2, 0) is 0 Å². The number of nitrogens with two attached hydrogens (primary N) is 1. The van der Waals surface area contributed by atoms with Gasteiger partial charge in [0.05, 0.1) is 28.7 Å². The molecule has 124 valence electrons. The maximum atomic E-state index is 11.3. The van der Waals surface area contributed by atoms with E-state index in [2.05, 4.69) is 10.5 Å². The predicted molar refractivity (Wildman–Crippen MR) is 83.1 cm³/mol. The van der Waals surface area contributed by atoms with Crippen LogP contribution in [0.1, 0.15) is 16.3 Å². The number of hydrazone groups is 1. The Morgan fingerprint density at radius 2 is 2.00 bits per heavy atom. The highest BCUT2D eigenvalue weighted by Gasteiger charge is 2.19. The molecule has 0 spiro atoms. The fraction of sp³-hybridized carbons (Fsp3) is 0.0769. The minimum atomic E-state index is -0.768. The number of anilines is 1. The van der Waals surface area contributed by atoms with Gasteiger partial charge in [-0.1, -0.05) is 0 Å². The van der Waals surface area contributed by atoms with Crippen LogP contribution in [0.25, 0.3) is 0 Å². The Bertz CT molecular complexity index is 828. The van der Waals surface area contributed by atoms with E-state index in [1.807, 2.05) is 0 Å². The van der Waals surface area contributed by atoms with Crippen molar-refractivity contribution < 1.29 is 19.1 Å². The number of furan rings is 1. The molecule has 3 N–H and O–H groups in total. The van der Waals surface area contributed by atoms with Gasteiger partial charge in [-0.15, -0.1) is 0 Å². The van der Waals surface area contributed by atoms with Crippen molar-refractivity contribution in [2.75, 3.05) is 12.0 Å². The van der Waals surface area contributed by atoms with E-state index in [9.17, 15) is 25.0 Å². The number of carbonyl (C=O) groups excluding carboxylic acids is 1. The highest BCUT2D eigenvalue weighted by molar-refractivity contribution is 5.95. The molecule has 0 fully saturated rings. The van der Waals surface area contributed by atoms with E-state index in [0.29, 0.717) is 0 Å². The third-order valence-corrected chi connectivity index (χ3v) is 2.85. The molecular weight excluding hydrogens is 322 g/mol. The number of hydrogen-bond donors (Lipinski definition) is 2. The van der Waals surface area contributed by atoms with E-state index in [-0.39, 0.29) is 29.5 Å². The lowest BCUT2D eigenvalue weighted by Gasteiger charge is -2.01. The first kappa shape index (κ1) is 16.8. The van der Waals surface area contributed by atoms with Gasteiger partial charge in [0, 0.05) is 6.07 Å². The molecule has 11 nitrogen and oxygen atoms in total. The van der Waals surface area contributed by atoms with Gasteiger partial charge in [-0.3, -0.25) is 30.4 Å². The number of hydrogen-bond acceptors (Lipinski definition) is 9. The molecule has 11 heteroatoms. The monoisotopic (exact) mass is 333 g/mol. The highest BCUT2D eigenvalue weighted by atomic mass is 16.6. The summed E-state index contributed by atoms with van der Waals surface area (Å²) < 4.78 is 5.16. The summed E-state index contributed by atoms with van der Waals surface area (Å²) in [5.74, 6) is -0.0854. The maximum absolute atomic E-state index is 11.3. The number of non-ortho nitro benzene ring substituents is 1. The highest BCUT2D eigenvalue weighted by Crippen LogP contribution is 2.28. The van der Waals surface area contributed by atoms with Crippen molar-refractivity contribution in [1.29, 1.82) is 0 Å². The molecule has 0 radical (unpaired) electrons. The van der Waals surface area contributed by atoms with Gasteiger partial charge in [-0.05, 0) is 18.2 Å². The normalized spacial score (nSPS) is 10.7. The summed E-state index contributed by atoms with van der Waals surface area (Å²) >= 11 is 0. The quantitative estimate of drug-likeness (QED) is 0.334. The van der Waals surface area contributed by atoms with E-state index in [1.165, 1.54) is 24.4 Å². The van der Waals surface area contributed by atoms with E-state index in [4.69, 9.17) is 10.2 Å². The fourth-order valence-electron chi connectivity index (χ4n) is 1.72. The zero-order valence-corrected chi connectivity index (χ0v) is 12.0. The number of carbonyl (C=O) groups is 1. The van der Waals surface area contributed by atoms with Crippen LogP contribution in [0, 0.1) is 20.2 Å². The van der Waals surface area contributed by atoms with Gasteiger partial charge in [0.15, 0.2) is 5.76 Å². The number of nitro groups is 2. The molecule has 0 aliphatic rings. The molecule has 0 saturated heterocycles. The van der Waals surface area contributed by atoms with Gasteiger partial charge in [0.25, 0.3) is 5.69 Å². The third kappa shape index (κ3) is 3.78. The van der Waals surface area contributed by atoms with Gasteiger partial charge in [0.2, 0.25) is 5.78 Å². The zero-order chi connectivity index (χ0) is 17.7. The van der Waals surface area contributed by atoms with Crippen LogP contribution in [0.3, 0.4) is 0 Å². The van der Waals surface area contributed by atoms with Gasteiger partial charge >= 0.3 is 5.69 Å². The minimum Gasteiger partial charge on any atom is -0.452 e. The van der Waals surface area contributed by atoms with E-state index in [0.717, 1.165) is 12.1 Å². The van der Waals surface area contributed by atoms with Crippen molar-refractivity contribution in [3.05, 3.63) is 62.1 Å². The lowest BCUT2D eigenvalue weighted by molar-refractivity contribution is -0.393.